The molecule has 2 aliphatic rings. The Balaban J connectivity index is 1.10. The molecule has 12 nitrogen and oxygen atoms in total. The lowest BCUT2D eigenvalue weighted by atomic mass is 10.1. The van der Waals surface area contributed by atoms with E-state index in [4.69, 9.17) is 26.4 Å². The van der Waals surface area contributed by atoms with Gasteiger partial charge < -0.3 is 24.8 Å². The summed E-state index contributed by atoms with van der Waals surface area (Å²) < 4.78 is 34.4. The zero-order valence-electron chi connectivity index (χ0n) is 18.6. The molecule has 0 saturated carbocycles. The number of anilines is 1. The molecule has 4 atom stereocenters. The Kier molecular flexibility index (Phi) is 5.96. The van der Waals surface area contributed by atoms with Crippen molar-refractivity contribution in [1.82, 2.24) is 40.3 Å². The van der Waals surface area contributed by atoms with Crippen molar-refractivity contribution in [2.24, 2.45) is 0 Å². The maximum absolute atomic E-state index is 13.1. The van der Waals surface area contributed by atoms with E-state index in [9.17, 15) is 4.39 Å². The van der Waals surface area contributed by atoms with Crippen molar-refractivity contribution >= 4 is 23.0 Å². The van der Waals surface area contributed by atoms with Gasteiger partial charge in [0.25, 0.3) is 0 Å². The lowest BCUT2D eigenvalue weighted by molar-refractivity contribution is 0.0615. The lowest BCUT2D eigenvalue weighted by Gasteiger charge is -2.20. The summed E-state index contributed by atoms with van der Waals surface area (Å²) in [4.78, 5) is 3.95. The highest BCUT2D eigenvalue weighted by atomic mass is 32.1. The number of rotatable bonds is 6. The van der Waals surface area contributed by atoms with Gasteiger partial charge in [0.15, 0.2) is 5.11 Å². The minimum absolute atomic E-state index is 0.175. The molecule has 2 aliphatic heterocycles. The average molecular weight is 510 g/mol. The Bertz CT molecular complexity index is 1330. The van der Waals surface area contributed by atoms with E-state index in [1.807, 2.05) is 12.1 Å². The van der Waals surface area contributed by atoms with E-state index in [0.717, 1.165) is 5.69 Å². The van der Waals surface area contributed by atoms with Crippen molar-refractivity contribution < 1.29 is 18.6 Å². The van der Waals surface area contributed by atoms with Gasteiger partial charge in [0.1, 0.15) is 42.5 Å². The van der Waals surface area contributed by atoms with Gasteiger partial charge in [0.05, 0.1) is 24.9 Å². The molecule has 4 unspecified atom stereocenters. The van der Waals surface area contributed by atoms with E-state index in [1.165, 1.54) is 18.5 Å². The molecule has 2 saturated heterocycles. The van der Waals surface area contributed by atoms with Gasteiger partial charge in [-0.15, -0.1) is 0 Å². The summed E-state index contributed by atoms with van der Waals surface area (Å²) in [6.07, 6.45) is 2.52. The van der Waals surface area contributed by atoms with E-state index in [2.05, 4.69) is 36.2 Å². The SMILES string of the molecule is Fc1ccc(NC(=S)NC2COC3C2OCC3n2nnnc2Oc2ccc(-n3cncn3)cc2)cc1. The van der Waals surface area contributed by atoms with Gasteiger partial charge in [-0.1, -0.05) is 5.10 Å². The first kappa shape index (κ1) is 22.5. The zero-order valence-corrected chi connectivity index (χ0v) is 19.5. The largest absolute Gasteiger partial charge is 0.423 e. The fourth-order valence-corrected chi connectivity index (χ4v) is 4.53. The fraction of sp³-hybridized carbons (Fsp3) is 0.273. The van der Waals surface area contributed by atoms with Gasteiger partial charge in [0.2, 0.25) is 0 Å². The first-order valence-electron chi connectivity index (χ1n) is 11.1. The van der Waals surface area contributed by atoms with E-state index < -0.39 is 0 Å². The van der Waals surface area contributed by atoms with E-state index in [0.29, 0.717) is 29.8 Å². The maximum atomic E-state index is 13.1. The minimum atomic E-state index is -0.313. The number of halogens is 1. The molecule has 0 radical (unpaired) electrons. The minimum Gasteiger partial charge on any atom is -0.423 e. The first-order valence-corrected chi connectivity index (χ1v) is 11.5. The lowest BCUT2D eigenvalue weighted by Crippen LogP contribution is -2.45. The Morgan fingerprint density at radius 3 is 2.64 bits per heavy atom. The Morgan fingerprint density at radius 2 is 1.86 bits per heavy atom. The Labute approximate surface area is 209 Å². The number of hydrogen-bond donors (Lipinski definition) is 2. The van der Waals surface area contributed by atoms with Crippen LogP contribution in [0.5, 0.6) is 11.8 Å². The summed E-state index contributed by atoms with van der Waals surface area (Å²) in [6, 6.07) is 13.0. The summed E-state index contributed by atoms with van der Waals surface area (Å²) >= 11 is 5.41. The van der Waals surface area contributed by atoms with Gasteiger partial charge in [-0.2, -0.15) is 9.78 Å². The van der Waals surface area contributed by atoms with E-state index >= 15 is 0 Å². The van der Waals surface area contributed by atoms with Crippen LogP contribution in [0.15, 0.2) is 61.2 Å². The van der Waals surface area contributed by atoms with Crippen LogP contribution in [0, 0.1) is 5.82 Å². The molecule has 4 aromatic rings. The number of aromatic nitrogens is 7. The van der Waals surface area contributed by atoms with E-state index in [-0.39, 0.29) is 36.1 Å². The Hall–Kier alpha value is -4.01. The van der Waals surface area contributed by atoms with Crippen molar-refractivity contribution in [1.29, 1.82) is 0 Å². The van der Waals surface area contributed by atoms with Crippen molar-refractivity contribution in [3.8, 4) is 17.4 Å². The molecule has 0 spiro atoms. The number of nitrogens with zero attached hydrogens (tertiary/aromatic N) is 7. The van der Waals surface area contributed by atoms with Gasteiger partial charge in [-0.05, 0) is 71.2 Å². The highest BCUT2D eigenvalue weighted by Crippen LogP contribution is 2.36. The Morgan fingerprint density at radius 1 is 1.06 bits per heavy atom. The predicted octanol–water partition coefficient (Wildman–Crippen LogP) is 1.88. The number of ether oxygens (including phenoxy) is 3. The normalized spacial score (nSPS) is 22.8. The van der Waals surface area contributed by atoms with Crippen LogP contribution in [0.1, 0.15) is 6.04 Å². The predicted molar refractivity (Wildman–Crippen MR) is 127 cm³/mol. The molecular formula is C22H20FN9O3S. The standard InChI is InChI=1S/C22H20FN9O3S/c23-13-1-3-14(4-2-13)26-21(36)27-17-9-33-20-18(10-34-19(17)20)32-22(28-29-30-32)35-16-7-5-15(6-8-16)31-12-24-11-25-31/h1-8,11-12,17-20H,9-10H2,(H2,26,27,36). The second-order valence-corrected chi connectivity index (χ2v) is 8.63. The van der Waals surface area contributed by atoms with Crippen molar-refractivity contribution in [2.45, 2.75) is 24.3 Å². The number of benzene rings is 2. The molecule has 2 fully saturated rings. The number of thiocarbonyl (C=S) groups is 1. The molecule has 2 aromatic heterocycles. The van der Waals surface area contributed by atoms with Gasteiger partial charge in [-0.3, -0.25) is 0 Å². The monoisotopic (exact) mass is 509 g/mol. The molecule has 0 bridgehead atoms. The molecule has 36 heavy (non-hydrogen) atoms. The smallest absolute Gasteiger partial charge is 0.341 e. The van der Waals surface area contributed by atoms with Crippen LogP contribution in [-0.4, -0.2) is 71.5 Å². The number of hydrogen-bond acceptors (Lipinski definition) is 9. The zero-order chi connectivity index (χ0) is 24.5. The molecule has 0 aliphatic carbocycles. The van der Waals surface area contributed by atoms with Crippen LogP contribution in [0.2, 0.25) is 0 Å². The third kappa shape index (κ3) is 4.48. The van der Waals surface area contributed by atoms with Crippen molar-refractivity contribution in [3.05, 3.63) is 67.0 Å². The van der Waals surface area contributed by atoms with Crippen LogP contribution in [0.4, 0.5) is 10.1 Å². The molecule has 6 rings (SSSR count). The van der Waals surface area contributed by atoms with Crippen molar-refractivity contribution in [3.63, 3.8) is 0 Å². The summed E-state index contributed by atoms with van der Waals surface area (Å²) in [6.45, 7) is 0.734. The summed E-state index contributed by atoms with van der Waals surface area (Å²) in [5, 5.41) is 22.7. The third-order valence-corrected chi connectivity index (χ3v) is 6.17. The quantitative estimate of drug-likeness (QED) is 0.370. The maximum Gasteiger partial charge on any atom is 0.341 e. The molecule has 4 heterocycles. The molecule has 14 heteroatoms. The summed E-state index contributed by atoms with van der Waals surface area (Å²) in [5.74, 6) is 0.251. The van der Waals surface area contributed by atoms with Crippen molar-refractivity contribution in [2.75, 3.05) is 18.5 Å². The molecule has 184 valence electrons. The summed E-state index contributed by atoms with van der Waals surface area (Å²) in [7, 11) is 0. The number of fused-ring (bicyclic) bond motifs is 1. The second-order valence-electron chi connectivity index (χ2n) is 8.22. The van der Waals surface area contributed by atoms with Crippen LogP contribution >= 0.6 is 12.2 Å². The van der Waals surface area contributed by atoms with Crippen LogP contribution in [0.25, 0.3) is 5.69 Å². The molecule has 0 amide bonds. The van der Waals surface area contributed by atoms with Crippen LogP contribution in [0.3, 0.4) is 0 Å². The molecular weight excluding hydrogens is 489 g/mol. The number of nitrogens with one attached hydrogen (secondary N) is 2. The highest BCUT2D eigenvalue weighted by molar-refractivity contribution is 7.80. The summed E-state index contributed by atoms with van der Waals surface area (Å²) in [5.41, 5.74) is 1.52. The third-order valence-electron chi connectivity index (χ3n) is 5.95. The van der Waals surface area contributed by atoms with Gasteiger partial charge in [0, 0.05) is 5.69 Å². The second kappa shape index (κ2) is 9.56. The van der Waals surface area contributed by atoms with Crippen LogP contribution in [-0.2, 0) is 9.47 Å². The topological polar surface area (TPSA) is 126 Å². The number of tetrazole rings is 1. The van der Waals surface area contributed by atoms with Crippen LogP contribution < -0.4 is 15.4 Å². The first-order chi connectivity index (χ1) is 17.6. The molecule has 2 aromatic carbocycles. The average Bonchev–Trinajstić information content (AvgIpc) is 3.68. The fourth-order valence-electron chi connectivity index (χ4n) is 4.26. The van der Waals surface area contributed by atoms with E-state index in [1.54, 1.807) is 40.0 Å². The van der Waals surface area contributed by atoms with Gasteiger partial charge >= 0.3 is 6.01 Å². The molecule has 2 N–H and O–H groups in total. The van der Waals surface area contributed by atoms with Gasteiger partial charge in [-0.25, -0.2) is 14.1 Å². The highest BCUT2D eigenvalue weighted by Gasteiger charge is 2.50.